The fourth-order valence-corrected chi connectivity index (χ4v) is 4.09. The van der Waals surface area contributed by atoms with Crippen LogP contribution in [0.5, 0.6) is 0 Å². The normalized spacial score (nSPS) is 21.3. The molecule has 2 fully saturated rings. The van der Waals surface area contributed by atoms with Gasteiger partial charge in [0.1, 0.15) is 0 Å². The molecule has 0 bridgehead atoms. The van der Waals surface area contributed by atoms with Gasteiger partial charge in [0.2, 0.25) is 5.91 Å². The van der Waals surface area contributed by atoms with E-state index < -0.39 is 0 Å². The zero-order valence-electron chi connectivity index (χ0n) is 13.6. The average molecular weight is 380 g/mol. The minimum atomic E-state index is -0.315. The highest BCUT2D eigenvalue weighted by Gasteiger charge is 2.42. The summed E-state index contributed by atoms with van der Waals surface area (Å²) in [5, 5.41) is 6.57. The number of nitrogens with one attached hydrogen (secondary N) is 2. The monoisotopic (exact) mass is 379 g/mol. The van der Waals surface area contributed by atoms with E-state index in [-0.39, 0.29) is 11.3 Å². The van der Waals surface area contributed by atoms with Crippen molar-refractivity contribution in [1.29, 1.82) is 0 Å². The minimum Gasteiger partial charge on any atom is -0.354 e. The van der Waals surface area contributed by atoms with Gasteiger partial charge in [-0.25, -0.2) is 0 Å². The second-order valence-corrected chi connectivity index (χ2v) is 7.56. The Labute approximate surface area is 147 Å². The van der Waals surface area contributed by atoms with E-state index in [9.17, 15) is 4.79 Å². The van der Waals surface area contributed by atoms with Crippen molar-refractivity contribution < 1.29 is 4.79 Å². The Kier molecular flexibility index (Phi) is 5.72. The van der Waals surface area contributed by atoms with Crippen molar-refractivity contribution in [2.75, 3.05) is 39.3 Å². The summed E-state index contributed by atoms with van der Waals surface area (Å²) >= 11 is 3.48. The molecule has 2 N–H and O–H groups in total. The molecule has 0 atom stereocenters. The maximum atomic E-state index is 12.9. The molecule has 0 aromatic heterocycles. The lowest BCUT2D eigenvalue weighted by molar-refractivity contribution is -0.126. The van der Waals surface area contributed by atoms with Gasteiger partial charge in [-0.1, -0.05) is 40.9 Å². The Morgan fingerprint density at radius 1 is 1.17 bits per heavy atom. The summed E-state index contributed by atoms with van der Waals surface area (Å²) in [4.78, 5) is 15.4. The van der Waals surface area contributed by atoms with Gasteiger partial charge >= 0.3 is 0 Å². The van der Waals surface area contributed by atoms with Crippen LogP contribution >= 0.6 is 15.9 Å². The first-order valence-electron chi connectivity index (χ1n) is 8.68. The van der Waals surface area contributed by atoms with Gasteiger partial charge in [0.05, 0.1) is 5.41 Å². The summed E-state index contributed by atoms with van der Waals surface area (Å²) in [5.74, 6) is 0.215. The molecule has 0 spiro atoms. The smallest absolute Gasteiger partial charge is 0.230 e. The van der Waals surface area contributed by atoms with Crippen molar-refractivity contribution in [2.45, 2.75) is 31.1 Å². The fourth-order valence-electron chi connectivity index (χ4n) is 3.83. The second kappa shape index (κ2) is 7.77. The molecular weight excluding hydrogens is 354 g/mol. The van der Waals surface area contributed by atoms with Crippen LogP contribution in [-0.2, 0) is 10.2 Å². The maximum Gasteiger partial charge on any atom is 0.230 e. The van der Waals surface area contributed by atoms with Crippen LogP contribution in [0, 0.1) is 0 Å². The van der Waals surface area contributed by atoms with Crippen molar-refractivity contribution >= 4 is 21.8 Å². The number of carbonyl (C=O) groups excluding carboxylic acids is 1. The fraction of sp³-hybridized carbons (Fsp3) is 0.611. The van der Waals surface area contributed by atoms with Crippen LogP contribution in [0.2, 0.25) is 0 Å². The Hall–Kier alpha value is -0.910. The third-order valence-corrected chi connectivity index (χ3v) is 5.74. The van der Waals surface area contributed by atoms with Crippen molar-refractivity contribution in [2.24, 2.45) is 0 Å². The number of hydrogen-bond acceptors (Lipinski definition) is 3. The van der Waals surface area contributed by atoms with Crippen LogP contribution in [0.1, 0.15) is 31.2 Å². The van der Waals surface area contributed by atoms with Crippen LogP contribution in [0.3, 0.4) is 0 Å². The molecule has 5 heteroatoms. The van der Waals surface area contributed by atoms with Gasteiger partial charge in [0, 0.05) is 43.7 Å². The van der Waals surface area contributed by atoms with Gasteiger partial charge in [0.15, 0.2) is 0 Å². The standard InChI is InChI=1S/C18H26BrN3O/c19-16-5-3-15(4-6-16)18(7-1-2-8-18)17(23)21-11-14-22-12-9-20-10-13-22/h3-6,20H,1-2,7-14H2,(H,21,23). The topological polar surface area (TPSA) is 44.4 Å². The largest absolute Gasteiger partial charge is 0.354 e. The highest BCUT2D eigenvalue weighted by molar-refractivity contribution is 9.10. The summed E-state index contributed by atoms with van der Waals surface area (Å²) in [6.07, 6.45) is 4.21. The third kappa shape index (κ3) is 3.95. The van der Waals surface area contributed by atoms with Crippen LogP contribution in [0.4, 0.5) is 0 Å². The average Bonchev–Trinajstić information content (AvgIpc) is 3.07. The molecule has 1 aromatic carbocycles. The molecule has 126 valence electrons. The number of nitrogens with zero attached hydrogens (tertiary/aromatic N) is 1. The van der Waals surface area contributed by atoms with Gasteiger partial charge < -0.3 is 10.6 Å². The summed E-state index contributed by atoms with van der Waals surface area (Å²) < 4.78 is 1.06. The van der Waals surface area contributed by atoms with Gasteiger partial charge in [-0.05, 0) is 30.5 Å². The van der Waals surface area contributed by atoms with Gasteiger partial charge in [-0.15, -0.1) is 0 Å². The predicted molar refractivity (Wildman–Crippen MR) is 96.6 cm³/mol. The molecule has 1 aromatic rings. The molecule has 4 nitrogen and oxygen atoms in total. The molecule has 1 amide bonds. The van der Waals surface area contributed by atoms with E-state index in [2.05, 4.69) is 43.6 Å². The Balaban J connectivity index is 1.61. The molecule has 1 aliphatic carbocycles. The Bertz CT molecular complexity index is 520. The van der Waals surface area contributed by atoms with Crippen LogP contribution < -0.4 is 10.6 Å². The van der Waals surface area contributed by atoms with E-state index in [0.717, 1.165) is 75.0 Å². The number of halogens is 1. The van der Waals surface area contributed by atoms with E-state index in [1.165, 1.54) is 0 Å². The van der Waals surface area contributed by atoms with E-state index >= 15 is 0 Å². The van der Waals surface area contributed by atoms with Crippen molar-refractivity contribution in [3.63, 3.8) is 0 Å². The summed E-state index contributed by atoms with van der Waals surface area (Å²) in [7, 11) is 0. The molecule has 3 rings (SSSR count). The Morgan fingerprint density at radius 2 is 1.83 bits per heavy atom. The molecule has 0 unspecified atom stereocenters. The lowest BCUT2D eigenvalue weighted by atomic mass is 9.78. The van der Waals surface area contributed by atoms with Crippen molar-refractivity contribution in [3.05, 3.63) is 34.3 Å². The van der Waals surface area contributed by atoms with E-state index in [4.69, 9.17) is 0 Å². The summed E-state index contributed by atoms with van der Waals surface area (Å²) in [5.41, 5.74) is 0.849. The lowest BCUT2D eigenvalue weighted by Gasteiger charge is -2.30. The van der Waals surface area contributed by atoms with E-state index in [0.29, 0.717) is 0 Å². The van der Waals surface area contributed by atoms with Gasteiger partial charge in [-0.2, -0.15) is 0 Å². The lowest BCUT2D eigenvalue weighted by Crippen LogP contribution is -2.48. The third-order valence-electron chi connectivity index (χ3n) is 5.21. The van der Waals surface area contributed by atoms with Crippen molar-refractivity contribution in [3.8, 4) is 0 Å². The Morgan fingerprint density at radius 3 is 2.48 bits per heavy atom. The molecule has 1 saturated heterocycles. The summed E-state index contributed by atoms with van der Waals surface area (Å²) in [6.45, 7) is 5.95. The molecule has 23 heavy (non-hydrogen) atoms. The molecule has 1 aliphatic heterocycles. The predicted octanol–water partition coefficient (Wildman–Crippen LogP) is 2.28. The van der Waals surface area contributed by atoms with Gasteiger partial charge in [-0.3, -0.25) is 9.69 Å². The second-order valence-electron chi connectivity index (χ2n) is 6.64. The molecular formula is C18H26BrN3O. The van der Waals surface area contributed by atoms with Crippen LogP contribution in [-0.4, -0.2) is 50.1 Å². The molecule has 0 radical (unpaired) electrons. The number of piperazine rings is 1. The first-order valence-corrected chi connectivity index (χ1v) is 9.47. The highest BCUT2D eigenvalue weighted by Crippen LogP contribution is 2.41. The van der Waals surface area contributed by atoms with Gasteiger partial charge in [0.25, 0.3) is 0 Å². The number of hydrogen-bond donors (Lipinski definition) is 2. The number of benzene rings is 1. The van der Waals surface area contributed by atoms with E-state index in [1.807, 2.05) is 12.1 Å². The first-order chi connectivity index (χ1) is 11.2. The van der Waals surface area contributed by atoms with E-state index in [1.54, 1.807) is 0 Å². The minimum absolute atomic E-state index is 0.215. The quantitative estimate of drug-likeness (QED) is 0.824. The van der Waals surface area contributed by atoms with Crippen molar-refractivity contribution in [1.82, 2.24) is 15.5 Å². The number of carbonyl (C=O) groups is 1. The van der Waals surface area contributed by atoms with Crippen LogP contribution in [0.15, 0.2) is 28.7 Å². The summed E-state index contributed by atoms with van der Waals surface area (Å²) in [6, 6.07) is 8.30. The zero-order chi connectivity index (χ0) is 16.1. The first kappa shape index (κ1) is 16.9. The molecule has 1 heterocycles. The number of rotatable bonds is 5. The zero-order valence-corrected chi connectivity index (χ0v) is 15.2. The van der Waals surface area contributed by atoms with Crippen LogP contribution in [0.25, 0.3) is 0 Å². The number of amides is 1. The molecule has 1 saturated carbocycles. The SMILES string of the molecule is O=C(NCCN1CCNCC1)C1(c2ccc(Br)cc2)CCCC1. The highest BCUT2D eigenvalue weighted by atomic mass is 79.9. The molecule has 2 aliphatic rings. The maximum absolute atomic E-state index is 12.9.